The Balaban J connectivity index is 1.39. The molecule has 1 aromatic rings. The van der Waals surface area contributed by atoms with E-state index in [1.54, 1.807) is 6.07 Å². The van der Waals surface area contributed by atoms with Gasteiger partial charge in [0.1, 0.15) is 0 Å². The molecule has 2 atom stereocenters. The van der Waals surface area contributed by atoms with Crippen LogP contribution in [-0.4, -0.2) is 41.9 Å². The SMILES string of the molecule is O=C(N[C@@H]1CCN2CCCC[C@@H]12)c1cccc(NC(=O)C2CC2)c1. The minimum atomic E-state index is -0.0325. The number of piperidine rings is 1. The molecule has 3 aliphatic rings. The highest BCUT2D eigenvalue weighted by Gasteiger charge is 2.36. The van der Waals surface area contributed by atoms with Gasteiger partial charge in [-0.25, -0.2) is 0 Å². The first-order valence-electron chi connectivity index (χ1n) is 9.16. The van der Waals surface area contributed by atoms with Crippen molar-refractivity contribution in [3.63, 3.8) is 0 Å². The van der Waals surface area contributed by atoms with Crippen LogP contribution < -0.4 is 10.6 Å². The Labute approximate surface area is 142 Å². The van der Waals surface area contributed by atoms with E-state index in [-0.39, 0.29) is 23.8 Å². The molecule has 2 saturated heterocycles. The molecule has 0 radical (unpaired) electrons. The summed E-state index contributed by atoms with van der Waals surface area (Å²) in [6.45, 7) is 2.26. The number of carbonyl (C=O) groups is 2. The molecular weight excluding hydrogens is 302 g/mol. The van der Waals surface area contributed by atoms with Crippen molar-refractivity contribution >= 4 is 17.5 Å². The molecule has 1 aromatic carbocycles. The van der Waals surface area contributed by atoms with Crippen molar-refractivity contribution in [2.24, 2.45) is 5.92 Å². The van der Waals surface area contributed by atoms with Crippen LogP contribution in [-0.2, 0) is 4.79 Å². The van der Waals surface area contributed by atoms with Crippen molar-refractivity contribution in [2.75, 3.05) is 18.4 Å². The molecule has 5 nitrogen and oxygen atoms in total. The predicted octanol–water partition coefficient (Wildman–Crippen LogP) is 2.39. The number of benzene rings is 1. The lowest BCUT2D eigenvalue weighted by atomic mass is 9.99. The summed E-state index contributed by atoms with van der Waals surface area (Å²) in [4.78, 5) is 27.0. The molecule has 1 aliphatic carbocycles. The lowest BCUT2D eigenvalue weighted by molar-refractivity contribution is -0.117. The molecule has 2 aliphatic heterocycles. The molecule has 2 heterocycles. The number of nitrogens with one attached hydrogen (secondary N) is 2. The zero-order valence-electron chi connectivity index (χ0n) is 14.0. The maximum Gasteiger partial charge on any atom is 0.251 e. The average Bonchev–Trinajstić information content (AvgIpc) is 3.38. The molecule has 3 fully saturated rings. The minimum Gasteiger partial charge on any atom is -0.348 e. The van der Waals surface area contributed by atoms with E-state index in [0.717, 1.165) is 25.8 Å². The van der Waals surface area contributed by atoms with Gasteiger partial charge in [0.2, 0.25) is 5.91 Å². The van der Waals surface area contributed by atoms with Crippen molar-refractivity contribution in [1.29, 1.82) is 0 Å². The third-order valence-corrected chi connectivity index (χ3v) is 5.51. The topological polar surface area (TPSA) is 61.4 Å². The number of carbonyl (C=O) groups excluding carboxylic acids is 2. The Morgan fingerprint density at radius 1 is 1.04 bits per heavy atom. The first-order valence-corrected chi connectivity index (χ1v) is 9.16. The monoisotopic (exact) mass is 327 g/mol. The van der Waals surface area contributed by atoms with Crippen molar-refractivity contribution in [1.82, 2.24) is 10.2 Å². The molecule has 0 bridgehead atoms. The van der Waals surface area contributed by atoms with Gasteiger partial charge >= 0.3 is 0 Å². The Kier molecular flexibility index (Phi) is 4.27. The van der Waals surface area contributed by atoms with Crippen LogP contribution >= 0.6 is 0 Å². The Hall–Kier alpha value is -1.88. The first kappa shape index (κ1) is 15.6. The Bertz CT molecular complexity index is 641. The molecule has 128 valence electrons. The summed E-state index contributed by atoms with van der Waals surface area (Å²) in [6.07, 6.45) is 6.71. The van der Waals surface area contributed by atoms with Crippen molar-refractivity contribution in [3.05, 3.63) is 29.8 Å². The second-order valence-electron chi connectivity index (χ2n) is 7.31. The highest BCUT2D eigenvalue weighted by atomic mass is 16.2. The van der Waals surface area contributed by atoms with Crippen molar-refractivity contribution in [2.45, 2.75) is 50.6 Å². The quantitative estimate of drug-likeness (QED) is 0.893. The fourth-order valence-corrected chi connectivity index (χ4v) is 4.00. The van der Waals surface area contributed by atoms with Gasteiger partial charge in [0.15, 0.2) is 0 Å². The van der Waals surface area contributed by atoms with Gasteiger partial charge in [-0.15, -0.1) is 0 Å². The molecule has 2 N–H and O–H groups in total. The van der Waals surface area contributed by atoms with Gasteiger partial charge in [-0.05, 0) is 56.8 Å². The normalized spacial score (nSPS) is 26.7. The number of amides is 2. The molecule has 4 rings (SSSR count). The van der Waals surface area contributed by atoms with Crippen molar-refractivity contribution < 1.29 is 9.59 Å². The van der Waals surface area contributed by atoms with Crippen LogP contribution in [0.15, 0.2) is 24.3 Å². The summed E-state index contributed by atoms with van der Waals surface area (Å²) in [5.74, 6) is 0.203. The largest absolute Gasteiger partial charge is 0.348 e. The summed E-state index contributed by atoms with van der Waals surface area (Å²) >= 11 is 0. The third-order valence-electron chi connectivity index (χ3n) is 5.51. The summed E-state index contributed by atoms with van der Waals surface area (Å²) in [5.41, 5.74) is 1.34. The molecular formula is C19H25N3O2. The van der Waals surface area contributed by atoms with E-state index >= 15 is 0 Å². The molecule has 0 aromatic heterocycles. The fraction of sp³-hybridized carbons (Fsp3) is 0.579. The molecule has 2 amide bonds. The number of rotatable bonds is 4. The lowest BCUT2D eigenvalue weighted by Gasteiger charge is -2.32. The smallest absolute Gasteiger partial charge is 0.251 e. The maximum atomic E-state index is 12.6. The van der Waals surface area contributed by atoms with E-state index in [2.05, 4.69) is 15.5 Å². The van der Waals surface area contributed by atoms with Crippen LogP contribution in [0.2, 0.25) is 0 Å². The molecule has 5 heteroatoms. The lowest BCUT2D eigenvalue weighted by Crippen LogP contribution is -2.46. The van der Waals surface area contributed by atoms with Gasteiger partial charge in [0.05, 0.1) is 0 Å². The van der Waals surface area contributed by atoms with Crippen LogP contribution in [0.1, 0.15) is 48.9 Å². The summed E-state index contributed by atoms with van der Waals surface area (Å²) in [6, 6.07) is 8.02. The van der Waals surface area contributed by atoms with E-state index in [0.29, 0.717) is 17.3 Å². The van der Waals surface area contributed by atoms with Gasteiger partial charge in [-0.3, -0.25) is 14.5 Å². The van der Waals surface area contributed by atoms with Crippen LogP contribution in [0, 0.1) is 5.92 Å². The van der Waals surface area contributed by atoms with Crippen LogP contribution in [0.3, 0.4) is 0 Å². The van der Waals surface area contributed by atoms with Crippen LogP contribution in [0.5, 0.6) is 0 Å². The number of fused-ring (bicyclic) bond motifs is 1. The standard InChI is InChI=1S/C19H25N3O2/c23-18(13-7-8-13)20-15-5-3-4-14(12-15)19(24)21-16-9-11-22-10-2-1-6-17(16)22/h3-5,12-13,16-17H,1-2,6-11H2,(H,20,23)(H,21,24)/t16-,17+/m1/s1. The van der Waals surface area contributed by atoms with Gasteiger partial charge in [-0.1, -0.05) is 12.5 Å². The van der Waals surface area contributed by atoms with Crippen molar-refractivity contribution in [3.8, 4) is 0 Å². The first-order chi connectivity index (χ1) is 11.7. The minimum absolute atomic E-state index is 0.0325. The van der Waals surface area contributed by atoms with Gasteiger partial charge in [-0.2, -0.15) is 0 Å². The predicted molar refractivity (Wildman–Crippen MR) is 92.9 cm³/mol. The van der Waals surface area contributed by atoms with Crippen LogP contribution in [0.25, 0.3) is 0 Å². The van der Waals surface area contributed by atoms with Gasteiger partial charge in [0, 0.05) is 35.8 Å². The number of hydrogen-bond donors (Lipinski definition) is 2. The van der Waals surface area contributed by atoms with E-state index in [1.165, 1.54) is 25.8 Å². The molecule has 24 heavy (non-hydrogen) atoms. The Morgan fingerprint density at radius 2 is 1.92 bits per heavy atom. The average molecular weight is 327 g/mol. The zero-order chi connectivity index (χ0) is 16.5. The van der Waals surface area contributed by atoms with Gasteiger partial charge in [0.25, 0.3) is 5.91 Å². The highest BCUT2D eigenvalue weighted by molar-refractivity contribution is 5.98. The molecule has 1 saturated carbocycles. The van der Waals surface area contributed by atoms with E-state index in [1.807, 2.05) is 18.2 Å². The Morgan fingerprint density at radius 3 is 2.75 bits per heavy atom. The second-order valence-corrected chi connectivity index (χ2v) is 7.31. The summed E-state index contributed by atoms with van der Waals surface area (Å²) < 4.78 is 0. The fourth-order valence-electron chi connectivity index (χ4n) is 4.00. The second kappa shape index (κ2) is 6.55. The maximum absolute atomic E-state index is 12.6. The van der Waals surface area contributed by atoms with Gasteiger partial charge < -0.3 is 10.6 Å². The zero-order valence-corrected chi connectivity index (χ0v) is 14.0. The summed E-state index contributed by atoms with van der Waals surface area (Å²) in [5, 5.41) is 6.13. The molecule has 0 unspecified atom stereocenters. The number of nitrogens with zero attached hydrogens (tertiary/aromatic N) is 1. The van der Waals surface area contributed by atoms with E-state index in [4.69, 9.17) is 0 Å². The van der Waals surface area contributed by atoms with E-state index < -0.39 is 0 Å². The molecule has 0 spiro atoms. The van der Waals surface area contributed by atoms with E-state index in [9.17, 15) is 9.59 Å². The number of hydrogen-bond acceptors (Lipinski definition) is 3. The third kappa shape index (κ3) is 3.31. The highest BCUT2D eigenvalue weighted by Crippen LogP contribution is 2.30. The summed E-state index contributed by atoms with van der Waals surface area (Å²) in [7, 11) is 0. The van der Waals surface area contributed by atoms with Crippen LogP contribution in [0.4, 0.5) is 5.69 Å². The number of anilines is 1.